The van der Waals surface area contributed by atoms with Crippen LogP contribution in [-0.4, -0.2) is 46.2 Å². The fraction of sp³-hybridized carbons (Fsp3) is 0.636. The molecule has 0 spiro atoms. The SMILES string of the molecule is CC(C)(C)CN1c2ccccc2N(CC(C)(C)C)[Si]1(Cl)C(Cl)[Si]1(Cl)N(CC(C)(C)C)c2ccccc2N1CC(C)(C)C. The van der Waals surface area contributed by atoms with Crippen molar-refractivity contribution in [1.29, 1.82) is 0 Å². The first-order valence-electron chi connectivity index (χ1n) is 15.3. The molecule has 0 fully saturated rings. The first-order valence-corrected chi connectivity index (χ1v) is 21.7. The van der Waals surface area contributed by atoms with Crippen LogP contribution in [0.25, 0.3) is 0 Å². The molecule has 0 aromatic heterocycles. The minimum absolute atomic E-state index is 0.00443. The molecule has 2 aliphatic heterocycles. The third-order valence-corrected chi connectivity index (χ3v) is 23.3. The molecule has 0 aliphatic carbocycles. The summed E-state index contributed by atoms with van der Waals surface area (Å²) in [6.07, 6.45) is 0. The molecule has 4 rings (SSSR count). The summed E-state index contributed by atoms with van der Waals surface area (Å²) in [5, 5.41) is 0. The summed E-state index contributed by atoms with van der Waals surface area (Å²) in [6.45, 7) is 30.6. The lowest BCUT2D eigenvalue weighted by atomic mass is 9.96. The van der Waals surface area contributed by atoms with Crippen molar-refractivity contribution in [2.24, 2.45) is 21.7 Å². The zero-order valence-corrected chi connectivity index (χ0v) is 32.2. The van der Waals surface area contributed by atoms with Gasteiger partial charge in [-0.2, -0.15) is 0 Å². The molecule has 42 heavy (non-hydrogen) atoms. The number of hydrogen-bond donors (Lipinski definition) is 0. The van der Waals surface area contributed by atoms with Crippen molar-refractivity contribution in [3.05, 3.63) is 48.5 Å². The Morgan fingerprint density at radius 3 is 0.833 bits per heavy atom. The summed E-state index contributed by atoms with van der Waals surface area (Å²) >= 11 is 24.9. The lowest BCUT2D eigenvalue weighted by Crippen LogP contribution is -2.79. The molecule has 2 heterocycles. The van der Waals surface area contributed by atoms with E-state index in [0.29, 0.717) is 0 Å². The van der Waals surface area contributed by atoms with E-state index >= 15 is 0 Å². The topological polar surface area (TPSA) is 13.0 Å². The normalized spacial score (nSPS) is 18.7. The molecular formula is C33H53Cl3N4Si2. The van der Waals surface area contributed by atoms with Crippen LogP contribution in [0, 0.1) is 21.7 Å². The molecule has 0 N–H and O–H groups in total. The van der Waals surface area contributed by atoms with Gasteiger partial charge in [0.25, 0.3) is 0 Å². The molecule has 2 aromatic rings. The highest BCUT2D eigenvalue weighted by molar-refractivity contribution is 7.41. The third kappa shape index (κ3) is 6.49. The van der Waals surface area contributed by atoms with Crippen LogP contribution in [-0.2, 0) is 0 Å². The molecular weight excluding hydrogens is 615 g/mol. The number of para-hydroxylation sites is 4. The molecule has 0 bridgehead atoms. The second kappa shape index (κ2) is 11.1. The van der Waals surface area contributed by atoms with Gasteiger partial charge < -0.3 is 18.3 Å². The minimum Gasteiger partial charge on any atom is -0.366 e. The Bertz CT molecular complexity index is 1090. The number of alkyl halides is 1. The second-order valence-corrected chi connectivity index (χ2v) is 28.1. The molecule has 0 atom stereocenters. The Kier molecular flexibility index (Phi) is 8.92. The van der Waals surface area contributed by atoms with Crippen LogP contribution in [0.3, 0.4) is 0 Å². The van der Waals surface area contributed by atoms with Gasteiger partial charge in [-0.3, -0.25) is 0 Å². The maximum Gasteiger partial charge on any atom is 0.386 e. The monoisotopic (exact) mass is 666 g/mol. The average molecular weight is 668 g/mol. The van der Waals surface area contributed by atoms with Crippen molar-refractivity contribution in [2.45, 2.75) is 87.7 Å². The third-order valence-electron chi connectivity index (χ3n) is 7.62. The van der Waals surface area contributed by atoms with Crippen LogP contribution in [0.5, 0.6) is 0 Å². The van der Waals surface area contributed by atoms with E-state index in [1.165, 1.54) is 22.7 Å². The zero-order chi connectivity index (χ0) is 31.7. The number of halogens is 3. The molecule has 0 unspecified atom stereocenters. The van der Waals surface area contributed by atoms with Gasteiger partial charge in [-0.1, -0.05) is 107 Å². The van der Waals surface area contributed by atoms with Gasteiger partial charge in [0.15, 0.2) is 0 Å². The predicted octanol–water partition coefficient (Wildman–Crippen LogP) is 9.87. The first-order chi connectivity index (χ1) is 19.0. The van der Waals surface area contributed by atoms with E-state index in [1.807, 2.05) is 0 Å². The number of hydrogen-bond acceptors (Lipinski definition) is 4. The maximum atomic E-state index is 8.37. The standard InChI is InChI=1S/C33H53Cl3N4Si2/c1-30(2,3)21-37-25-17-13-14-18-26(25)38(22-31(4,5)6)41(37,35)29(34)42(36)39(23-32(7,8)9)27-19-15-16-20-28(27)40(42)24-33(10,11)12/h13-20,29H,21-24H2,1-12H3. The van der Waals surface area contributed by atoms with Crippen LogP contribution in [0.4, 0.5) is 22.7 Å². The number of anilines is 4. The Morgan fingerprint density at radius 1 is 0.476 bits per heavy atom. The van der Waals surface area contributed by atoms with Crippen molar-refractivity contribution in [3.63, 3.8) is 0 Å². The average Bonchev–Trinajstić information content (AvgIpc) is 3.18. The van der Waals surface area contributed by atoms with Gasteiger partial charge in [0.1, 0.15) is 4.62 Å². The zero-order valence-electron chi connectivity index (χ0n) is 27.9. The van der Waals surface area contributed by atoms with E-state index in [2.05, 4.69) is 150 Å². The van der Waals surface area contributed by atoms with Crippen molar-refractivity contribution < 1.29 is 0 Å². The Hall–Kier alpha value is -1.06. The minimum atomic E-state index is -3.23. The lowest BCUT2D eigenvalue weighted by molar-refractivity contribution is 0.421. The predicted molar refractivity (Wildman–Crippen MR) is 193 cm³/mol. The van der Waals surface area contributed by atoms with E-state index in [9.17, 15) is 0 Å². The molecule has 0 radical (unpaired) electrons. The van der Waals surface area contributed by atoms with Crippen LogP contribution in [0.1, 0.15) is 83.1 Å². The van der Waals surface area contributed by atoms with E-state index < -0.39 is 20.0 Å². The second-order valence-electron chi connectivity index (χ2n) is 17.2. The summed E-state index contributed by atoms with van der Waals surface area (Å²) < 4.78 is 9.52. The maximum absolute atomic E-state index is 8.37. The van der Waals surface area contributed by atoms with Crippen molar-refractivity contribution >= 4 is 71.9 Å². The molecule has 4 nitrogen and oxygen atoms in total. The summed E-state index contributed by atoms with van der Waals surface area (Å²) in [6, 6.07) is 17.4. The largest absolute Gasteiger partial charge is 0.386 e. The number of fused-ring (bicyclic) bond motifs is 2. The van der Waals surface area contributed by atoms with Crippen LogP contribution < -0.4 is 18.3 Å². The van der Waals surface area contributed by atoms with Gasteiger partial charge in [0.05, 0.1) is 22.7 Å². The quantitative estimate of drug-likeness (QED) is 0.173. The Balaban J connectivity index is 2.00. The summed E-state index contributed by atoms with van der Waals surface area (Å²) in [5.41, 5.74) is 4.73. The summed E-state index contributed by atoms with van der Waals surface area (Å²) in [5.74, 6) is 0. The van der Waals surface area contributed by atoms with Crippen LogP contribution in [0.15, 0.2) is 48.5 Å². The highest BCUT2D eigenvalue weighted by Gasteiger charge is 2.71. The van der Waals surface area contributed by atoms with Crippen LogP contribution >= 0.6 is 33.8 Å². The fourth-order valence-electron chi connectivity index (χ4n) is 6.27. The Morgan fingerprint density at radius 2 is 0.667 bits per heavy atom. The van der Waals surface area contributed by atoms with Gasteiger partial charge in [-0.25, -0.2) is 0 Å². The molecule has 9 heteroatoms. The van der Waals surface area contributed by atoms with Crippen molar-refractivity contribution in [2.75, 3.05) is 44.4 Å². The first kappa shape index (κ1) is 33.8. The van der Waals surface area contributed by atoms with Crippen molar-refractivity contribution in [3.8, 4) is 0 Å². The van der Waals surface area contributed by atoms with E-state index in [4.69, 9.17) is 33.8 Å². The highest BCUT2D eigenvalue weighted by Crippen LogP contribution is 2.56. The van der Waals surface area contributed by atoms with Gasteiger partial charge >= 0.3 is 15.4 Å². The molecule has 0 amide bonds. The molecule has 0 saturated heterocycles. The van der Waals surface area contributed by atoms with Crippen molar-refractivity contribution in [1.82, 2.24) is 0 Å². The van der Waals surface area contributed by atoms with Gasteiger partial charge in [-0.05, 0) is 45.9 Å². The summed E-state index contributed by atoms with van der Waals surface area (Å²) in [4.78, 5) is 0. The highest BCUT2D eigenvalue weighted by atomic mass is 35.6. The Labute approximate surface area is 273 Å². The summed E-state index contributed by atoms with van der Waals surface area (Å²) in [7, 11) is -6.47. The number of benzene rings is 2. The number of rotatable bonds is 6. The molecule has 2 aliphatic rings. The van der Waals surface area contributed by atoms with Gasteiger partial charge in [0, 0.05) is 26.2 Å². The van der Waals surface area contributed by atoms with Gasteiger partial charge in [0.2, 0.25) is 0 Å². The fourth-order valence-corrected chi connectivity index (χ4v) is 23.0. The molecule has 2 aromatic carbocycles. The van der Waals surface area contributed by atoms with E-state index in [1.54, 1.807) is 0 Å². The number of nitrogens with zero attached hydrogens (tertiary/aromatic N) is 4. The smallest absolute Gasteiger partial charge is 0.366 e. The van der Waals surface area contributed by atoms with Crippen LogP contribution in [0.2, 0.25) is 0 Å². The van der Waals surface area contributed by atoms with Gasteiger partial charge in [-0.15, -0.1) is 33.8 Å². The van der Waals surface area contributed by atoms with E-state index in [-0.39, 0.29) is 21.7 Å². The van der Waals surface area contributed by atoms with E-state index in [0.717, 1.165) is 26.2 Å². The molecule has 234 valence electrons. The molecule has 0 saturated carbocycles. The lowest BCUT2D eigenvalue weighted by Gasteiger charge is -2.52.